The third kappa shape index (κ3) is 5.32. The van der Waals surface area contributed by atoms with E-state index in [1.807, 2.05) is 40.7 Å². The minimum Gasteiger partial charge on any atom is -0.347 e. The van der Waals surface area contributed by atoms with E-state index in [1.54, 1.807) is 12.1 Å². The largest absolute Gasteiger partial charge is 0.347 e. The second kappa shape index (κ2) is 6.88. The van der Waals surface area contributed by atoms with Gasteiger partial charge in [0.25, 0.3) is 15.9 Å². The first-order chi connectivity index (χ1) is 11.5. The van der Waals surface area contributed by atoms with Gasteiger partial charge >= 0.3 is 0 Å². The smallest absolute Gasteiger partial charge is 0.261 e. The van der Waals surface area contributed by atoms with Crippen molar-refractivity contribution in [3.63, 3.8) is 0 Å². The summed E-state index contributed by atoms with van der Waals surface area (Å²) in [5.41, 5.74) is 2.54. The molecule has 0 fully saturated rings. The molecule has 0 heterocycles. The van der Waals surface area contributed by atoms with E-state index in [1.165, 1.54) is 24.3 Å². The molecule has 2 aromatic rings. The fourth-order valence-corrected chi connectivity index (χ4v) is 3.49. The zero-order valence-electron chi connectivity index (χ0n) is 15.2. The second-order valence-electron chi connectivity index (χ2n) is 7.21. The lowest BCUT2D eigenvalue weighted by Gasteiger charge is -2.20. The maximum atomic E-state index is 12.5. The van der Waals surface area contributed by atoms with Gasteiger partial charge in [0.15, 0.2) is 0 Å². The van der Waals surface area contributed by atoms with Gasteiger partial charge in [0.05, 0.1) is 4.90 Å². The van der Waals surface area contributed by atoms with Crippen molar-refractivity contribution in [3.8, 4) is 0 Å². The number of benzene rings is 2. The summed E-state index contributed by atoms with van der Waals surface area (Å²) in [7, 11) is -3.71. The predicted molar refractivity (Wildman–Crippen MR) is 100 cm³/mol. The van der Waals surface area contributed by atoms with E-state index in [0.717, 1.165) is 11.1 Å². The van der Waals surface area contributed by atoms with Crippen molar-refractivity contribution in [1.29, 1.82) is 0 Å². The molecular formula is C19H24N2O3S. The number of nitrogens with one attached hydrogen (secondary N) is 2. The van der Waals surface area contributed by atoms with Crippen LogP contribution in [0.25, 0.3) is 0 Å². The first-order valence-electron chi connectivity index (χ1n) is 8.00. The van der Waals surface area contributed by atoms with E-state index in [9.17, 15) is 13.2 Å². The maximum absolute atomic E-state index is 12.5. The minimum absolute atomic E-state index is 0.110. The van der Waals surface area contributed by atoms with E-state index >= 15 is 0 Å². The summed E-state index contributed by atoms with van der Waals surface area (Å²) in [6.07, 6.45) is 0. The Kier molecular flexibility index (Phi) is 5.23. The van der Waals surface area contributed by atoms with Crippen molar-refractivity contribution in [2.45, 2.75) is 45.1 Å². The summed E-state index contributed by atoms with van der Waals surface area (Å²) in [5, 5.41) is 2.84. The summed E-state index contributed by atoms with van der Waals surface area (Å²) < 4.78 is 27.6. The Bertz CT molecular complexity index is 860. The van der Waals surface area contributed by atoms with Crippen LogP contribution in [-0.4, -0.2) is 19.9 Å². The Morgan fingerprint density at radius 3 is 1.92 bits per heavy atom. The number of hydrogen-bond acceptors (Lipinski definition) is 3. The average molecular weight is 360 g/mol. The molecule has 0 aliphatic carbocycles. The molecule has 134 valence electrons. The molecule has 25 heavy (non-hydrogen) atoms. The molecule has 5 nitrogen and oxygen atoms in total. The van der Waals surface area contributed by atoms with Crippen molar-refractivity contribution >= 4 is 21.6 Å². The molecule has 0 saturated heterocycles. The van der Waals surface area contributed by atoms with Gasteiger partial charge in [-0.3, -0.25) is 9.52 Å². The number of hydrogen-bond donors (Lipinski definition) is 2. The first kappa shape index (κ1) is 19.0. The molecule has 2 aromatic carbocycles. The predicted octanol–water partition coefficient (Wildman–Crippen LogP) is 3.63. The summed E-state index contributed by atoms with van der Waals surface area (Å²) in [5.74, 6) is -0.237. The molecule has 0 aliphatic heterocycles. The van der Waals surface area contributed by atoms with Gasteiger partial charge in [-0.25, -0.2) is 8.42 Å². The zero-order valence-corrected chi connectivity index (χ0v) is 16.0. The number of anilines is 1. The van der Waals surface area contributed by atoms with Crippen LogP contribution in [0.3, 0.4) is 0 Å². The van der Waals surface area contributed by atoms with Crippen LogP contribution in [0.4, 0.5) is 5.69 Å². The summed E-state index contributed by atoms with van der Waals surface area (Å²) >= 11 is 0. The monoisotopic (exact) mass is 360 g/mol. The Balaban J connectivity index is 2.21. The summed E-state index contributed by atoms with van der Waals surface area (Å²) in [6.45, 7) is 9.48. The zero-order chi connectivity index (χ0) is 18.8. The Hall–Kier alpha value is -2.34. The van der Waals surface area contributed by atoms with Crippen molar-refractivity contribution in [2.75, 3.05) is 4.72 Å². The summed E-state index contributed by atoms with van der Waals surface area (Å²) in [4.78, 5) is 12.2. The quantitative estimate of drug-likeness (QED) is 0.874. The van der Waals surface area contributed by atoms with Crippen LogP contribution in [0.1, 0.15) is 42.3 Å². The Morgan fingerprint density at radius 1 is 0.920 bits per heavy atom. The van der Waals surface area contributed by atoms with Gasteiger partial charge in [-0.1, -0.05) is 6.07 Å². The number of rotatable bonds is 4. The number of carbonyl (C=O) groups excluding carboxylic acids is 1. The highest BCUT2D eigenvalue weighted by molar-refractivity contribution is 7.92. The van der Waals surface area contributed by atoms with Crippen molar-refractivity contribution in [3.05, 3.63) is 59.2 Å². The van der Waals surface area contributed by atoms with Gasteiger partial charge in [0.1, 0.15) is 0 Å². The summed E-state index contributed by atoms with van der Waals surface area (Å²) in [6, 6.07) is 11.4. The van der Waals surface area contributed by atoms with Crippen LogP contribution in [0.15, 0.2) is 47.4 Å². The number of amides is 1. The van der Waals surface area contributed by atoms with Crippen LogP contribution in [0.2, 0.25) is 0 Å². The highest BCUT2D eigenvalue weighted by Crippen LogP contribution is 2.19. The molecule has 1 amide bonds. The highest BCUT2D eigenvalue weighted by Gasteiger charge is 2.18. The van der Waals surface area contributed by atoms with Crippen molar-refractivity contribution in [2.24, 2.45) is 0 Å². The SMILES string of the molecule is Cc1cc(C)cc(NS(=O)(=O)c2ccc(C(=O)NC(C)(C)C)cc2)c1. The molecule has 0 aromatic heterocycles. The average Bonchev–Trinajstić information content (AvgIpc) is 2.44. The number of sulfonamides is 1. The number of carbonyl (C=O) groups is 1. The van der Waals surface area contributed by atoms with E-state index in [2.05, 4.69) is 10.0 Å². The fraction of sp³-hybridized carbons (Fsp3) is 0.316. The molecule has 0 atom stereocenters. The van der Waals surface area contributed by atoms with E-state index in [0.29, 0.717) is 11.3 Å². The normalized spacial score (nSPS) is 11.9. The van der Waals surface area contributed by atoms with E-state index in [-0.39, 0.29) is 16.3 Å². The molecule has 0 radical (unpaired) electrons. The third-order valence-corrected chi connectivity index (χ3v) is 4.79. The topological polar surface area (TPSA) is 75.3 Å². The molecule has 0 aliphatic rings. The molecule has 2 rings (SSSR count). The Labute approximate surface area is 149 Å². The van der Waals surface area contributed by atoms with Gasteiger partial charge in [-0.05, 0) is 82.1 Å². The molecule has 2 N–H and O–H groups in total. The lowest BCUT2D eigenvalue weighted by Crippen LogP contribution is -2.40. The van der Waals surface area contributed by atoms with Crippen LogP contribution < -0.4 is 10.0 Å². The van der Waals surface area contributed by atoms with Gasteiger partial charge in [0, 0.05) is 16.8 Å². The molecular weight excluding hydrogens is 336 g/mol. The third-order valence-electron chi connectivity index (χ3n) is 3.39. The number of aryl methyl sites for hydroxylation is 2. The molecule has 0 bridgehead atoms. The van der Waals surface area contributed by atoms with Gasteiger partial charge in [-0.15, -0.1) is 0 Å². The van der Waals surface area contributed by atoms with Crippen LogP contribution in [-0.2, 0) is 10.0 Å². The van der Waals surface area contributed by atoms with Crippen LogP contribution in [0.5, 0.6) is 0 Å². The fourth-order valence-electron chi connectivity index (χ4n) is 2.45. The lowest BCUT2D eigenvalue weighted by atomic mass is 10.1. The molecule has 0 unspecified atom stereocenters. The lowest BCUT2D eigenvalue weighted by molar-refractivity contribution is 0.0919. The maximum Gasteiger partial charge on any atom is 0.261 e. The van der Waals surface area contributed by atoms with Gasteiger partial charge < -0.3 is 5.32 Å². The first-order valence-corrected chi connectivity index (χ1v) is 9.48. The van der Waals surface area contributed by atoms with Gasteiger partial charge in [0.2, 0.25) is 0 Å². The van der Waals surface area contributed by atoms with Crippen LogP contribution in [0, 0.1) is 13.8 Å². The van der Waals surface area contributed by atoms with Crippen molar-refractivity contribution in [1.82, 2.24) is 5.32 Å². The van der Waals surface area contributed by atoms with E-state index < -0.39 is 10.0 Å². The molecule has 0 spiro atoms. The van der Waals surface area contributed by atoms with E-state index in [4.69, 9.17) is 0 Å². The standard InChI is InChI=1S/C19H24N2O3S/c1-13-10-14(2)12-16(11-13)21-25(23,24)17-8-6-15(7-9-17)18(22)20-19(3,4)5/h6-12,21H,1-5H3,(H,20,22). The molecule has 0 saturated carbocycles. The highest BCUT2D eigenvalue weighted by atomic mass is 32.2. The van der Waals surface area contributed by atoms with Gasteiger partial charge in [-0.2, -0.15) is 0 Å². The minimum atomic E-state index is -3.71. The Morgan fingerprint density at radius 2 is 1.44 bits per heavy atom. The van der Waals surface area contributed by atoms with Crippen LogP contribution >= 0.6 is 0 Å². The molecule has 6 heteroatoms. The van der Waals surface area contributed by atoms with Crippen molar-refractivity contribution < 1.29 is 13.2 Å². The second-order valence-corrected chi connectivity index (χ2v) is 8.89.